The lowest BCUT2D eigenvalue weighted by Crippen LogP contribution is -2.08. The first-order valence-corrected chi connectivity index (χ1v) is 9.04. The molecule has 0 saturated carbocycles. The maximum atomic E-state index is 12.3. The lowest BCUT2D eigenvalue weighted by Gasteiger charge is -2.10. The number of carbonyl (C=O) groups is 1. The third-order valence-corrected chi connectivity index (χ3v) is 4.35. The Morgan fingerprint density at radius 2 is 2.00 bits per heavy atom. The predicted octanol–water partition coefficient (Wildman–Crippen LogP) is 4.33. The molecule has 0 radical (unpaired) electrons. The Labute approximate surface area is 167 Å². The molecule has 0 fully saturated rings. The van der Waals surface area contributed by atoms with Gasteiger partial charge in [0.2, 0.25) is 5.91 Å². The highest BCUT2D eigenvalue weighted by Crippen LogP contribution is 2.36. The summed E-state index contributed by atoms with van der Waals surface area (Å²) >= 11 is 6.18. The maximum absolute atomic E-state index is 12.3. The van der Waals surface area contributed by atoms with Gasteiger partial charge in [-0.2, -0.15) is 5.10 Å². The van der Waals surface area contributed by atoms with Crippen LogP contribution in [0.1, 0.15) is 25.5 Å². The van der Waals surface area contributed by atoms with E-state index in [0.29, 0.717) is 27.8 Å². The predicted molar refractivity (Wildman–Crippen MR) is 110 cm³/mol. The number of hydrogen-bond acceptors (Lipinski definition) is 5. The fourth-order valence-corrected chi connectivity index (χ4v) is 3.07. The van der Waals surface area contributed by atoms with Crippen LogP contribution in [-0.2, 0) is 4.79 Å². The van der Waals surface area contributed by atoms with Gasteiger partial charge in [-0.05, 0) is 43.7 Å². The lowest BCUT2D eigenvalue weighted by molar-refractivity contribution is -0.111. The fourth-order valence-electron chi connectivity index (χ4n) is 2.78. The zero-order valence-corrected chi connectivity index (χ0v) is 16.8. The number of benzene rings is 1. The molecule has 0 unspecified atom stereocenters. The van der Waals surface area contributed by atoms with Gasteiger partial charge in [0.1, 0.15) is 0 Å². The van der Waals surface area contributed by atoms with Crippen LogP contribution in [0.25, 0.3) is 17.1 Å². The van der Waals surface area contributed by atoms with E-state index in [4.69, 9.17) is 21.1 Å². The Bertz CT molecular complexity index is 1040. The second kappa shape index (κ2) is 8.31. The number of amides is 1. The molecule has 146 valence electrons. The molecule has 1 amide bonds. The zero-order valence-electron chi connectivity index (χ0n) is 16.1. The molecule has 2 aromatic heterocycles. The summed E-state index contributed by atoms with van der Waals surface area (Å²) in [6.07, 6.45) is 6.41. The van der Waals surface area contributed by atoms with Gasteiger partial charge >= 0.3 is 0 Å². The van der Waals surface area contributed by atoms with Crippen molar-refractivity contribution in [1.82, 2.24) is 14.8 Å². The SMILES string of the molecule is COc1cc(/C=C/C(=O)Nc2cnc3c(cnn3C(C)C)c2)cc(Cl)c1OC. The normalized spacial score (nSPS) is 11.4. The number of ether oxygens (including phenoxy) is 2. The molecule has 28 heavy (non-hydrogen) atoms. The number of nitrogens with one attached hydrogen (secondary N) is 1. The smallest absolute Gasteiger partial charge is 0.248 e. The van der Waals surface area contributed by atoms with Gasteiger partial charge < -0.3 is 14.8 Å². The van der Waals surface area contributed by atoms with Crippen LogP contribution in [0.5, 0.6) is 11.5 Å². The second-order valence-corrected chi connectivity index (χ2v) is 6.79. The van der Waals surface area contributed by atoms with Crippen molar-refractivity contribution < 1.29 is 14.3 Å². The van der Waals surface area contributed by atoms with Crippen LogP contribution in [0, 0.1) is 0 Å². The van der Waals surface area contributed by atoms with Crippen molar-refractivity contribution in [3.63, 3.8) is 0 Å². The van der Waals surface area contributed by atoms with E-state index < -0.39 is 0 Å². The van der Waals surface area contributed by atoms with Crippen LogP contribution < -0.4 is 14.8 Å². The quantitative estimate of drug-likeness (QED) is 0.623. The Balaban J connectivity index is 1.75. The van der Waals surface area contributed by atoms with Crippen molar-refractivity contribution in [1.29, 1.82) is 0 Å². The third kappa shape index (κ3) is 4.09. The van der Waals surface area contributed by atoms with Crippen LogP contribution in [0.3, 0.4) is 0 Å². The maximum Gasteiger partial charge on any atom is 0.248 e. The van der Waals surface area contributed by atoms with Crippen molar-refractivity contribution in [2.75, 3.05) is 19.5 Å². The molecule has 1 N–H and O–H groups in total. The van der Waals surface area contributed by atoms with E-state index in [9.17, 15) is 4.79 Å². The molecule has 0 spiro atoms. The minimum Gasteiger partial charge on any atom is -0.493 e. The first-order valence-electron chi connectivity index (χ1n) is 8.66. The monoisotopic (exact) mass is 400 g/mol. The van der Waals surface area contributed by atoms with Crippen molar-refractivity contribution >= 4 is 40.3 Å². The standard InChI is InChI=1S/C20H21ClN4O3/c1-12(2)25-20-14(10-23-25)9-15(11-22-20)24-18(26)6-5-13-7-16(21)19(28-4)17(8-13)27-3/h5-12H,1-4H3,(H,24,26)/b6-5+. The van der Waals surface area contributed by atoms with E-state index in [1.54, 1.807) is 30.6 Å². The van der Waals surface area contributed by atoms with E-state index in [0.717, 1.165) is 11.0 Å². The number of nitrogens with zero attached hydrogens (tertiary/aromatic N) is 3. The fraction of sp³-hybridized carbons (Fsp3) is 0.250. The van der Waals surface area contributed by atoms with Crippen LogP contribution >= 0.6 is 11.6 Å². The summed E-state index contributed by atoms with van der Waals surface area (Å²) in [5.74, 6) is 0.655. The van der Waals surface area contributed by atoms with E-state index in [1.807, 2.05) is 24.6 Å². The van der Waals surface area contributed by atoms with Gasteiger partial charge in [-0.1, -0.05) is 11.6 Å². The highest BCUT2D eigenvalue weighted by molar-refractivity contribution is 6.32. The Morgan fingerprint density at radius 3 is 2.68 bits per heavy atom. The zero-order chi connectivity index (χ0) is 20.3. The van der Waals surface area contributed by atoms with Gasteiger partial charge in [-0.15, -0.1) is 0 Å². The number of aromatic nitrogens is 3. The molecule has 7 nitrogen and oxygen atoms in total. The second-order valence-electron chi connectivity index (χ2n) is 6.38. The molecule has 2 heterocycles. The first-order chi connectivity index (χ1) is 13.4. The van der Waals surface area contributed by atoms with Crippen LogP contribution in [-0.4, -0.2) is 34.9 Å². The van der Waals surface area contributed by atoms with E-state index >= 15 is 0 Å². The number of rotatable bonds is 6. The third-order valence-electron chi connectivity index (χ3n) is 4.07. The first kappa shape index (κ1) is 19.7. The van der Waals surface area contributed by atoms with Gasteiger partial charge in [0.05, 0.1) is 37.3 Å². The van der Waals surface area contributed by atoms with Crippen molar-refractivity contribution in [2.45, 2.75) is 19.9 Å². The highest BCUT2D eigenvalue weighted by atomic mass is 35.5. The summed E-state index contributed by atoms with van der Waals surface area (Å²) in [7, 11) is 3.04. The van der Waals surface area contributed by atoms with Gasteiger partial charge in [-0.25, -0.2) is 9.67 Å². The average molecular weight is 401 g/mol. The average Bonchev–Trinajstić information content (AvgIpc) is 3.09. The lowest BCUT2D eigenvalue weighted by atomic mass is 10.2. The molecule has 0 aliphatic carbocycles. The largest absolute Gasteiger partial charge is 0.493 e. The molecule has 3 rings (SSSR count). The van der Waals surface area contributed by atoms with E-state index in [2.05, 4.69) is 15.4 Å². The number of halogens is 1. The minimum atomic E-state index is -0.289. The van der Waals surface area contributed by atoms with Crippen LogP contribution in [0.2, 0.25) is 5.02 Å². The number of fused-ring (bicyclic) bond motifs is 1. The molecule has 0 aliphatic rings. The van der Waals surface area contributed by atoms with Gasteiger partial charge in [-0.3, -0.25) is 4.79 Å². The number of methoxy groups -OCH3 is 2. The topological polar surface area (TPSA) is 78.3 Å². The summed E-state index contributed by atoms with van der Waals surface area (Å²) in [5.41, 5.74) is 2.09. The van der Waals surface area contributed by atoms with Gasteiger partial charge in [0.25, 0.3) is 0 Å². The van der Waals surface area contributed by atoms with Crippen molar-refractivity contribution in [2.24, 2.45) is 0 Å². The Kier molecular flexibility index (Phi) is 5.84. The molecular weight excluding hydrogens is 380 g/mol. The summed E-state index contributed by atoms with van der Waals surface area (Å²) in [4.78, 5) is 16.7. The Morgan fingerprint density at radius 1 is 1.21 bits per heavy atom. The molecule has 1 aromatic carbocycles. The number of anilines is 1. The molecule has 0 saturated heterocycles. The van der Waals surface area contributed by atoms with E-state index in [1.165, 1.54) is 20.3 Å². The molecular formula is C20H21ClN4O3. The van der Waals surface area contributed by atoms with Crippen molar-refractivity contribution in [3.05, 3.63) is 47.3 Å². The van der Waals surface area contributed by atoms with Gasteiger partial charge in [0.15, 0.2) is 17.1 Å². The summed E-state index contributed by atoms with van der Waals surface area (Å²) in [6.45, 7) is 4.07. The molecule has 8 heteroatoms. The minimum absolute atomic E-state index is 0.210. The molecule has 0 aliphatic heterocycles. The number of carbonyl (C=O) groups excluding carboxylic acids is 1. The highest BCUT2D eigenvalue weighted by Gasteiger charge is 2.11. The molecule has 0 atom stereocenters. The molecule has 0 bridgehead atoms. The number of pyridine rings is 1. The van der Waals surface area contributed by atoms with Crippen LogP contribution in [0.15, 0.2) is 36.7 Å². The summed E-state index contributed by atoms with van der Waals surface area (Å²) in [5, 5.41) is 8.38. The number of hydrogen-bond donors (Lipinski definition) is 1. The van der Waals surface area contributed by atoms with Crippen molar-refractivity contribution in [3.8, 4) is 11.5 Å². The summed E-state index contributed by atoms with van der Waals surface area (Å²) in [6, 6.07) is 5.48. The van der Waals surface area contributed by atoms with E-state index in [-0.39, 0.29) is 11.9 Å². The Hall–Kier alpha value is -3.06. The van der Waals surface area contributed by atoms with Gasteiger partial charge in [0, 0.05) is 17.5 Å². The summed E-state index contributed by atoms with van der Waals surface area (Å²) < 4.78 is 12.3. The molecule has 3 aromatic rings. The van der Waals surface area contributed by atoms with Crippen LogP contribution in [0.4, 0.5) is 5.69 Å².